The highest BCUT2D eigenvalue weighted by Crippen LogP contribution is 2.41. The lowest BCUT2D eigenvalue weighted by molar-refractivity contribution is -0.156. The van der Waals surface area contributed by atoms with Gasteiger partial charge in [0.2, 0.25) is 0 Å². The number of rotatable bonds is 6. The van der Waals surface area contributed by atoms with E-state index in [0.29, 0.717) is 31.7 Å². The van der Waals surface area contributed by atoms with Gasteiger partial charge in [-0.25, -0.2) is 14.9 Å². The van der Waals surface area contributed by atoms with Crippen molar-refractivity contribution in [1.29, 1.82) is 5.26 Å². The van der Waals surface area contributed by atoms with Crippen molar-refractivity contribution in [3.05, 3.63) is 36.2 Å². The molecule has 3 heterocycles. The maximum Gasteiger partial charge on any atom is 0.312 e. The number of nitrogens with zero attached hydrogens (tertiary/aromatic N) is 4. The maximum atomic E-state index is 12.9. The highest BCUT2D eigenvalue weighted by atomic mass is 16.5. The number of nitriles is 1. The number of hydrogen-bond acceptors (Lipinski definition) is 6. The van der Waals surface area contributed by atoms with Crippen LogP contribution in [0.15, 0.2) is 30.5 Å². The second-order valence-electron chi connectivity index (χ2n) is 9.02. The fourth-order valence-corrected chi connectivity index (χ4v) is 4.09. The van der Waals surface area contributed by atoms with E-state index in [1.165, 1.54) is 0 Å². The van der Waals surface area contributed by atoms with E-state index in [1.807, 2.05) is 35.9 Å². The summed E-state index contributed by atoms with van der Waals surface area (Å²) < 4.78 is 7.34. The highest BCUT2D eigenvalue weighted by molar-refractivity contribution is 6.67. The van der Waals surface area contributed by atoms with Crippen LogP contribution < -0.4 is 5.32 Å². The van der Waals surface area contributed by atoms with Crippen LogP contribution in [-0.4, -0.2) is 34.1 Å². The summed E-state index contributed by atoms with van der Waals surface area (Å²) in [6.45, 7) is 8.48. The molecule has 0 aromatic carbocycles. The van der Waals surface area contributed by atoms with Crippen molar-refractivity contribution in [1.82, 2.24) is 14.8 Å². The summed E-state index contributed by atoms with van der Waals surface area (Å²) in [6, 6.07) is 7.72. The summed E-state index contributed by atoms with van der Waals surface area (Å²) in [6.07, 6.45) is 5.02. The van der Waals surface area contributed by atoms with Gasteiger partial charge in [0.05, 0.1) is 23.8 Å². The molecule has 30 heavy (non-hydrogen) atoms. The molecule has 0 unspecified atom stereocenters. The first-order valence-electron chi connectivity index (χ1n) is 10.6. The number of esters is 1. The van der Waals surface area contributed by atoms with Crippen LogP contribution in [0.1, 0.15) is 46.2 Å². The zero-order valence-electron chi connectivity index (χ0n) is 18.3. The van der Waals surface area contributed by atoms with Gasteiger partial charge in [0.1, 0.15) is 11.6 Å². The van der Waals surface area contributed by atoms with Crippen molar-refractivity contribution in [2.45, 2.75) is 65.1 Å². The van der Waals surface area contributed by atoms with E-state index in [4.69, 9.17) is 9.72 Å². The quantitative estimate of drug-likeness (QED) is 0.569. The average Bonchev–Trinajstić information content (AvgIpc) is 3.18. The summed E-state index contributed by atoms with van der Waals surface area (Å²) in [4.78, 5) is 17.6. The third-order valence-electron chi connectivity index (χ3n) is 5.69. The molecule has 1 aliphatic heterocycles. The predicted octanol–water partition coefficient (Wildman–Crippen LogP) is 4.22. The van der Waals surface area contributed by atoms with Crippen LogP contribution in [0.25, 0.3) is 0 Å². The zero-order chi connectivity index (χ0) is 21.8. The number of carbonyl (C=O) groups is 1. The summed E-state index contributed by atoms with van der Waals surface area (Å²) in [5.74, 6) is 3.74. The Morgan fingerprint density at radius 1 is 1.33 bits per heavy atom. The number of ether oxygens (including phenoxy) is 1. The molecular weight excluding hydrogens is 377 g/mol. The van der Waals surface area contributed by atoms with Gasteiger partial charge in [-0.15, -0.1) is 0 Å². The SMILES string of the molecule is CCOC(=O)C1(Cc2cccc(Nc3ccnn3C(C)(C)C)n2)CCB(C#N)CC1. The second kappa shape index (κ2) is 8.91. The van der Waals surface area contributed by atoms with Gasteiger partial charge in [-0.1, -0.05) is 18.7 Å². The summed E-state index contributed by atoms with van der Waals surface area (Å²) in [5.41, 5.74) is 0.0733. The van der Waals surface area contributed by atoms with E-state index in [9.17, 15) is 10.1 Å². The Bertz CT molecular complexity index is 920. The molecule has 0 aliphatic carbocycles. The first-order chi connectivity index (χ1) is 14.3. The topological polar surface area (TPSA) is 92.8 Å². The molecule has 3 rings (SSSR count). The third-order valence-corrected chi connectivity index (χ3v) is 5.69. The van der Waals surface area contributed by atoms with Crippen molar-refractivity contribution in [3.8, 4) is 5.97 Å². The van der Waals surface area contributed by atoms with Gasteiger partial charge in [0, 0.05) is 24.1 Å². The first kappa shape index (κ1) is 21.9. The zero-order valence-corrected chi connectivity index (χ0v) is 18.3. The van der Waals surface area contributed by atoms with Gasteiger partial charge in [0.25, 0.3) is 6.71 Å². The number of aromatic nitrogens is 3. The number of hydrogen-bond donors (Lipinski definition) is 1. The molecule has 8 heteroatoms. The van der Waals surface area contributed by atoms with Crippen molar-refractivity contribution < 1.29 is 9.53 Å². The van der Waals surface area contributed by atoms with E-state index in [2.05, 4.69) is 37.2 Å². The fourth-order valence-electron chi connectivity index (χ4n) is 4.09. The van der Waals surface area contributed by atoms with Crippen LogP contribution in [0.4, 0.5) is 11.6 Å². The lowest BCUT2D eigenvalue weighted by Gasteiger charge is -2.35. The Labute approximate surface area is 178 Å². The van der Waals surface area contributed by atoms with Crippen molar-refractivity contribution in [2.24, 2.45) is 5.41 Å². The molecule has 7 nitrogen and oxygen atoms in total. The molecule has 1 fully saturated rings. The molecule has 2 aromatic heterocycles. The lowest BCUT2D eigenvalue weighted by atomic mass is 9.39. The molecule has 158 valence electrons. The van der Waals surface area contributed by atoms with Crippen LogP contribution in [0.5, 0.6) is 0 Å². The standard InChI is InChI=1S/C22H30BN5O2/c1-5-30-20(29)22(10-12-23(16-24)13-11-22)15-17-7-6-8-18(26-17)27-19-9-14-25-28(19)21(2,3)4/h6-9,14H,5,10-13,15H2,1-4H3,(H,26,27). The van der Waals surface area contributed by atoms with Gasteiger partial charge in [-0.05, 0) is 52.7 Å². The molecule has 0 radical (unpaired) electrons. The van der Waals surface area contributed by atoms with Crippen molar-refractivity contribution in [2.75, 3.05) is 11.9 Å². The third kappa shape index (κ3) is 4.84. The molecule has 0 bridgehead atoms. The lowest BCUT2D eigenvalue weighted by Crippen LogP contribution is -2.40. The smallest absolute Gasteiger partial charge is 0.312 e. The second-order valence-corrected chi connectivity index (χ2v) is 9.02. The van der Waals surface area contributed by atoms with E-state index in [0.717, 1.165) is 24.2 Å². The minimum absolute atomic E-state index is 0.0196. The Hall–Kier alpha value is -2.82. The molecule has 2 aromatic rings. The molecule has 0 spiro atoms. The number of anilines is 2. The van der Waals surface area contributed by atoms with Gasteiger partial charge in [-0.2, -0.15) is 5.10 Å². The Kier molecular flexibility index (Phi) is 6.50. The van der Waals surface area contributed by atoms with Gasteiger partial charge in [0.15, 0.2) is 0 Å². The summed E-state index contributed by atoms with van der Waals surface area (Å²) in [5, 5.41) is 17.0. The minimum Gasteiger partial charge on any atom is -0.466 e. The van der Waals surface area contributed by atoms with E-state index in [1.54, 1.807) is 6.20 Å². The highest BCUT2D eigenvalue weighted by Gasteiger charge is 2.44. The van der Waals surface area contributed by atoms with E-state index in [-0.39, 0.29) is 18.2 Å². The van der Waals surface area contributed by atoms with Crippen molar-refractivity contribution >= 4 is 24.3 Å². The van der Waals surface area contributed by atoms with Gasteiger partial charge >= 0.3 is 5.97 Å². The van der Waals surface area contributed by atoms with Crippen LogP contribution in [0, 0.1) is 16.6 Å². The number of nitrogens with one attached hydrogen (secondary N) is 1. The average molecular weight is 407 g/mol. The fraction of sp³-hybridized carbons (Fsp3) is 0.545. The normalized spacial score (nSPS) is 16.0. The first-order valence-corrected chi connectivity index (χ1v) is 10.6. The van der Waals surface area contributed by atoms with Crippen LogP contribution in [0.3, 0.4) is 0 Å². The van der Waals surface area contributed by atoms with Crippen LogP contribution in [0.2, 0.25) is 12.6 Å². The van der Waals surface area contributed by atoms with Gasteiger partial charge < -0.3 is 10.1 Å². The molecular formula is C22H30BN5O2. The van der Waals surface area contributed by atoms with E-state index >= 15 is 0 Å². The van der Waals surface area contributed by atoms with E-state index < -0.39 is 5.41 Å². The Morgan fingerprint density at radius 2 is 2.07 bits per heavy atom. The molecule has 0 amide bonds. The molecule has 1 saturated heterocycles. The predicted molar refractivity (Wildman–Crippen MR) is 118 cm³/mol. The monoisotopic (exact) mass is 407 g/mol. The largest absolute Gasteiger partial charge is 0.466 e. The maximum absolute atomic E-state index is 12.9. The van der Waals surface area contributed by atoms with Crippen LogP contribution >= 0.6 is 0 Å². The molecule has 0 atom stereocenters. The number of pyridine rings is 1. The summed E-state index contributed by atoms with van der Waals surface area (Å²) in [7, 11) is 0. The Balaban J connectivity index is 1.81. The molecule has 1 aliphatic rings. The summed E-state index contributed by atoms with van der Waals surface area (Å²) >= 11 is 0. The molecule has 0 saturated carbocycles. The van der Waals surface area contributed by atoms with Crippen molar-refractivity contribution in [3.63, 3.8) is 0 Å². The van der Waals surface area contributed by atoms with Gasteiger partial charge in [-0.3, -0.25) is 4.79 Å². The molecule has 1 N–H and O–H groups in total. The number of carbonyl (C=O) groups excluding carboxylic acids is 1. The Morgan fingerprint density at radius 3 is 2.70 bits per heavy atom. The minimum atomic E-state index is -0.609. The van der Waals surface area contributed by atoms with Crippen LogP contribution in [-0.2, 0) is 21.5 Å².